The quantitative estimate of drug-likeness (QED) is 0.797. The van der Waals surface area contributed by atoms with Crippen LogP contribution in [0.3, 0.4) is 0 Å². The standard InChI is InChI=1S/C13H26N2O/c1-11-6-3-2-4-8-15(11)12(10-14)13-7-5-9-16-13/h11-13H,2-10,14H2,1H3. The Kier molecular flexibility index (Phi) is 4.62. The van der Waals surface area contributed by atoms with E-state index in [1.165, 1.54) is 45.1 Å². The van der Waals surface area contributed by atoms with E-state index in [4.69, 9.17) is 10.5 Å². The summed E-state index contributed by atoms with van der Waals surface area (Å²) < 4.78 is 5.83. The largest absolute Gasteiger partial charge is 0.377 e. The van der Waals surface area contributed by atoms with Crippen molar-refractivity contribution in [3.05, 3.63) is 0 Å². The molecule has 0 radical (unpaired) electrons. The summed E-state index contributed by atoms with van der Waals surface area (Å²) in [4.78, 5) is 2.61. The van der Waals surface area contributed by atoms with Crippen molar-refractivity contribution in [2.45, 2.75) is 63.6 Å². The molecule has 0 aliphatic carbocycles. The minimum absolute atomic E-state index is 0.394. The Labute approximate surface area is 99.3 Å². The zero-order valence-corrected chi connectivity index (χ0v) is 10.5. The lowest BCUT2D eigenvalue weighted by atomic mass is 10.0. The first-order chi connectivity index (χ1) is 7.83. The molecule has 2 heterocycles. The summed E-state index contributed by atoms with van der Waals surface area (Å²) in [5, 5.41) is 0. The number of hydrogen-bond acceptors (Lipinski definition) is 3. The predicted octanol–water partition coefficient (Wildman–Crippen LogP) is 1.76. The van der Waals surface area contributed by atoms with Crippen molar-refractivity contribution in [2.24, 2.45) is 5.73 Å². The van der Waals surface area contributed by atoms with Gasteiger partial charge in [-0.15, -0.1) is 0 Å². The number of rotatable bonds is 3. The van der Waals surface area contributed by atoms with E-state index in [2.05, 4.69) is 11.8 Å². The molecule has 94 valence electrons. The van der Waals surface area contributed by atoms with Crippen LogP contribution in [-0.2, 0) is 4.74 Å². The average molecular weight is 226 g/mol. The Balaban J connectivity index is 1.99. The first-order valence-corrected chi connectivity index (χ1v) is 6.90. The Hall–Kier alpha value is -0.120. The number of nitrogens with two attached hydrogens (primary N) is 1. The van der Waals surface area contributed by atoms with Crippen molar-refractivity contribution >= 4 is 0 Å². The van der Waals surface area contributed by atoms with Crippen LogP contribution in [0, 0.1) is 0 Å². The van der Waals surface area contributed by atoms with E-state index in [-0.39, 0.29) is 0 Å². The molecule has 2 N–H and O–H groups in total. The number of likely N-dealkylation sites (tertiary alicyclic amines) is 1. The third-order valence-electron chi connectivity index (χ3n) is 4.17. The molecule has 16 heavy (non-hydrogen) atoms. The SMILES string of the molecule is CC1CCCCCN1C(CN)C1CCCO1. The molecule has 0 amide bonds. The van der Waals surface area contributed by atoms with E-state index in [9.17, 15) is 0 Å². The monoisotopic (exact) mass is 226 g/mol. The van der Waals surface area contributed by atoms with Gasteiger partial charge in [-0.3, -0.25) is 4.90 Å². The Morgan fingerprint density at radius 3 is 2.81 bits per heavy atom. The van der Waals surface area contributed by atoms with Crippen LogP contribution in [0.25, 0.3) is 0 Å². The van der Waals surface area contributed by atoms with Gasteiger partial charge in [-0.05, 0) is 39.2 Å². The van der Waals surface area contributed by atoms with Crippen LogP contribution in [0.4, 0.5) is 0 Å². The van der Waals surface area contributed by atoms with Gasteiger partial charge in [0, 0.05) is 25.2 Å². The second-order valence-electron chi connectivity index (χ2n) is 5.29. The molecule has 2 aliphatic rings. The van der Waals surface area contributed by atoms with Gasteiger partial charge in [0.25, 0.3) is 0 Å². The summed E-state index contributed by atoms with van der Waals surface area (Å²) in [6, 6.07) is 1.14. The number of nitrogens with zero attached hydrogens (tertiary/aromatic N) is 1. The number of hydrogen-bond donors (Lipinski definition) is 1. The maximum Gasteiger partial charge on any atom is 0.0743 e. The summed E-state index contributed by atoms with van der Waals surface area (Å²) in [6.45, 7) is 5.24. The molecule has 3 atom stereocenters. The van der Waals surface area contributed by atoms with Gasteiger partial charge in [0.1, 0.15) is 0 Å². The van der Waals surface area contributed by atoms with E-state index in [0.717, 1.165) is 13.2 Å². The van der Waals surface area contributed by atoms with E-state index in [1.54, 1.807) is 0 Å². The molecule has 2 rings (SSSR count). The first-order valence-electron chi connectivity index (χ1n) is 6.90. The Morgan fingerprint density at radius 2 is 2.12 bits per heavy atom. The average Bonchev–Trinajstić information content (AvgIpc) is 2.72. The molecule has 0 aromatic carbocycles. The smallest absolute Gasteiger partial charge is 0.0743 e. The lowest BCUT2D eigenvalue weighted by Crippen LogP contribution is -2.51. The van der Waals surface area contributed by atoms with Crippen molar-refractivity contribution in [3.63, 3.8) is 0 Å². The van der Waals surface area contributed by atoms with Crippen molar-refractivity contribution in [3.8, 4) is 0 Å². The van der Waals surface area contributed by atoms with Crippen LogP contribution in [0.1, 0.15) is 45.4 Å². The van der Waals surface area contributed by atoms with Crippen LogP contribution in [-0.4, -0.2) is 42.8 Å². The fourth-order valence-corrected chi connectivity index (χ4v) is 3.20. The lowest BCUT2D eigenvalue weighted by Gasteiger charge is -2.37. The fraction of sp³-hybridized carbons (Fsp3) is 1.00. The van der Waals surface area contributed by atoms with E-state index in [1.807, 2.05) is 0 Å². The van der Waals surface area contributed by atoms with E-state index in [0.29, 0.717) is 18.2 Å². The van der Waals surface area contributed by atoms with Crippen LogP contribution in [0.5, 0.6) is 0 Å². The van der Waals surface area contributed by atoms with E-state index < -0.39 is 0 Å². The fourth-order valence-electron chi connectivity index (χ4n) is 3.20. The van der Waals surface area contributed by atoms with Gasteiger partial charge < -0.3 is 10.5 Å². The van der Waals surface area contributed by atoms with Gasteiger partial charge in [-0.2, -0.15) is 0 Å². The zero-order chi connectivity index (χ0) is 11.4. The summed E-state index contributed by atoms with van der Waals surface area (Å²) in [5.74, 6) is 0. The third kappa shape index (κ3) is 2.76. The maximum absolute atomic E-state index is 5.98. The highest BCUT2D eigenvalue weighted by atomic mass is 16.5. The molecular weight excluding hydrogens is 200 g/mol. The molecule has 0 aromatic heterocycles. The lowest BCUT2D eigenvalue weighted by molar-refractivity contribution is 0.0126. The summed E-state index contributed by atoms with van der Waals surface area (Å²) in [7, 11) is 0. The van der Waals surface area contributed by atoms with Gasteiger partial charge >= 0.3 is 0 Å². The molecular formula is C13H26N2O. The van der Waals surface area contributed by atoms with Crippen molar-refractivity contribution in [1.82, 2.24) is 4.90 Å². The summed E-state index contributed by atoms with van der Waals surface area (Å²) in [6.07, 6.45) is 8.21. The van der Waals surface area contributed by atoms with Gasteiger partial charge in [0.2, 0.25) is 0 Å². The molecule has 2 fully saturated rings. The van der Waals surface area contributed by atoms with Crippen LogP contribution < -0.4 is 5.73 Å². The van der Waals surface area contributed by atoms with Gasteiger partial charge in [-0.1, -0.05) is 12.8 Å². The highest BCUT2D eigenvalue weighted by molar-refractivity contribution is 4.87. The van der Waals surface area contributed by atoms with Gasteiger partial charge in [0.15, 0.2) is 0 Å². The third-order valence-corrected chi connectivity index (χ3v) is 4.17. The van der Waals surface area contributed by atoms with Crippen molar-refractivity contribution in [1.29, 1.82) is 0 Å². The Bertz CT molecular complexity index is 204. The molecule has 3 nitrogen and oxygen atoms in total. The van der Waals surface area contributed by atoms with E-state index >= 15 is 0 Å². The molecule has 0 bridgehead atoms. The minimum atomic E-state index is 0.394. The second kappa shape index (κ2) is 5.99. The topological polar surface area (TPSA) is 38.5 Å². The molecule has 3 unspecified atom stereocenters. The first kappa shape index (κ1) is 12.3. The zero-order valence-electron chi connectivity index (χ0n) is 10.5. The summed E-state index contributed by atoms with van der Waals surface area (Å²) in [5.41, 5.74) is 5.98. The van der Waals surface area contributed by atoms with Gasteiger partial charge in [-0.25, -0.2) is 0 Å². The second-order valence-corrected chi connectivity index (χ2v) is 5.29. The maximum atomic E-state index is 5.98. The van der Waals surface area contributed by atoms with Crippen molar-refractivity contribution in [2.75, 3.05) is 19.7 Å². The normalized spacial score (nSPS) is 34.9. The molecule has 0 aromatic rings. The summed E-state index contributed by atoms with van der Waals surface area (Å²) >= 11 is 0. The molecule has 0 saturated carbocycles. The van der Waals surface area contributed by atoms with Crippen LogP contribution >= 0.6 is 0 Å². The minimum Gasteiger partial charge on any atom is -0.377 e. The van der Waals surface area contributed by atoms with Gasteiger partial charge in [0.05, 0.1) is 6.10 Å². The molecule has 2 saturated heterocycles. The molecule has 2 aliphatic heterocycles. The predicted molar refractivity (Wildman–Crippen MR) is 66.5 cm³/mol. The van der Waals surface area contributed by atoms with Crippen LogP contribution in [0.15, 0.2) is 0 Å². The number of ether oxygens (including phenoxy) is 1. The van der Waals surface area contributed by atoms with Crippen LogP contribution in [0.2, 0.25) is 0 Å². The highest BCUT2D eigenvalue weighted by Gasteiger charge is 2.32. The molecule has 0 spiro atoms. The Morgan fingerprint density at radius 1 is 1.25 bits per heavy atom. The highest BCUT2D eigenvalue weighted by Crippen LogP contribution is 2.25. The van der Waals surface area contributed by atoms with Crippen molar-refractivity contribution < 1.29 is 4.74 Å². The molecule has 3 heteroatoms.